The molecular weight excluding hydrogens is 224 g/mol. The third-order valence-corrected chi connectivity index (χ3v) is 3.16. The van der Waals surface area contributed by atoms with Crippen LogP contribution in [0.4, 0.5) is 0 Å². The third-order valence-electron chi connectivity index (χ3n) is 3.16. The smallest absolute Gasteiger partial charge is 0.138 e. The van der Waals surface area contributed by atoms with Gasteiger partial charge in [-0.25, -0.2) is 0 Å². The maximum atomic E-state index is 5.14. The van der Waals surface area contributed by atoms with Crippen molar-refractivity contribution in [3.8, 4) is 0 Å². The summed E-state index contributed by atoms with van der Waals surface area (Å²) in [6, 6.07) is 8.64. The quantitative estimate of drug-likeness (QED) is 0.822. The van der Waals surface area contributed by atoms with E-state index in [1.165, 1.54) is 16.7 Å². The molecule has 0 aliphatic carbocycles. The second-order valence-corrected chi connectivity index (χ2v) is 4.72. The number of hydrogen-bond donors (Lipinski definition) is 1. The lowest BCUT2D eigenvalue weighted by atomic mass is 10.1. The Morgan fingerprint density at radius 3 is 2.72 bits per heavy atom. The minimum absolute atomic E-state index is 0.826. The van der Waals surface area contributed by atoms with Crippen molar-refractivity contribution in [3.05, 3.63) is 52.4 Å². The Bertz CT molecular complexity index is 497. The summed E-state index contributed by atoms with van der Waals surface area (Å²) in [7, 11) is 0. The van der Waals surface area contributed by atoms with Gasteiger partial charge in [-0.1, -0.05) is 35.0 Å². The molecule has 1 heterocycles. The molecule has 0 saturated carbocycles. The minimum atomic E-state index is 0.826. The molecule has 1 aromatic carbocycles. The highest BCUT2D eigenvalue weighted by Crippen LogP contribution is 2.11. The van der Waals surface area contributed by atoms with Gasteiger partial charge in [-0.05, 0) is 39.3 Å². The predicted molar refractivity (Wildman–Crippen MR) is 72.6 cm³/mol. The highest BCUT2D eigenvalue weighted by Gasteiger charge is 2.07. The summed E-state index contributed by atoms with van der Waals surface area (Å²) in [4.78, 5) is 0. The van der Waals surface area contributed by atoms with E-state index in [4.69, 9.17) is 4.52 Å². The zero-order chi connectivity index (χ0) is 13.0. The van der Waals surface area contributed by atoms with E-state index in [2.05, 4.69) is 41.7 Å². The maximum Gasteiger partial charge on any atom is 0.138 e. The van der Waals surface area contributed by atoms with Crippen LogP contribution in [0.5, 0.6) is 0 Å². The summed E-state index contributed by atoms with van der Waals surface area (Å²) in [6.07, 6.45) is 1.05. The third kappa shape index (κ3) is 3.20. The van der Waals surface area contributed by atoms with Gasteiger partial charge in [-0.3, -0.25) is 0 Å². The molecule has 2 aromatic rings. The van der Waals surface area contributed by atoms with Crippen LogP contribution < -0.4 is 5.32 Å². The van der Waals surface area contributed by atoms with Crippen LogP contribution in [0, 0.1) is 20.8 Å². The largest absolute Gasteiger partial charge is 0.361 e. The average Bonchev–Trinajstić information content (AvgIpc) is 2.66. The van der Waals surface area contributed by atoms with Gasteiger partial charge in [-0.2, -0.15) is 0 Å². The first-order chi connectivity index (χ1) is 8.66. The molecule has 0 amide bonds. The van der Waals surface area contributed by atoms with E-state index < -0.39 is 0 Å². The van der Waals surface area contributed by atoms with Gasteiger partial charge < -0.3 is 9.84 Å². The van der Waals surface area contributed by atoms with Crippen molar-refractivity contribution in [1.82, 2.24) is 10.5 Å². The van der Waals surface area contributed by atoms with Crippen molar-refractivity contribution in [2.75, 3.05) is 6.54 Å². The van der Waals surface area contributed by atoms with Crippen LogP contribution in [0.15, 0.2) is 28.8 Å². The summed E-state index contributed by atoms with van der Waals surface area (Å²) in [5.41, 5.74) is 4.86. The van der Waals surface area contributed by atoms with E-state index in [0.29, 0.717) is 0 Å². The number of aromatic nitrogens is 1. The molecule has 0 radical (unpaired) electrons. The molecule has 0 atom stereocenters. The van der Waals surface area contributed by atoms with Gasteiger partial charge in [-0.15, -0.1) is 0 Å². The Labute approximate surface area is 108 Å². The predicted octanol–water partition coefficient (Wildman–Crippen LogP) is 2.93. The summed E-state index contributed by atoms with van der Waals surface area (Å²) in [5, 5.41) is 7.39. The molecule has 3 nitrogen and oxygen atoms in total. The van der Waals surface area contributed by atoms with Gasteiger partial charge in [0.15, 0.2) is 0 Å². The molecule has 3 heteroatoms. The molecule has 0 unspecified atom stereocenters. The average molecular weight is 244 g/mol. The molecule has 2 rings (SSSR count). The van der Waals surface area contributed by atoms with Crippen molar-refractivity contribution in [1.29, 1.82) is 0 Å². The van der Waals surface area contributed by atoms with Crippen LogP contribution in [-0.4, -0.2) is 11.7 Å². The van der Waals surface area contributed by atoms with Crippen molar-refractivity contribution in [2.45, 2.75) is 33.7 Å². The van der Waals surface area contributed by atoms with E-state index in [9.17, 15) is 0 Å². The van der Waals surface area contributed by atoms with Gasteiger partial charge in [0.1, 0.15) is 5.76 Å². The lowest BCUT2D eigenvalue weighted by Gasteiger charge is -2.05. The molecule has 0 aliphatic heterocycles. The van der Waals surface area contributed by atoms with Crippen LogP contribution in [0.25, 0.3) is 0 Å². The van der Waals surface area contributed by atoms with E-state index in [-0.39, 0.29) is 0 Å². The second kappa shape index (κ2) is 5.83. The maximum absolute atomic E-state index is 5.14. The van der Waals surface area contributed by atoms with E-state index in [1.807, 2.05) is 13.8 Å². The van der Waals surface area contributed by atoms with E-state index in [0.717, 1.165) is 31.0 Å². The minimum Gasteiger partial charge on any atom is -0.361 e. The molecule has 1 N–H and O–H groups in total. The molecule has 0 fully saturated rings. The molecule has 0 bridgehead atoms. The Hall–Kier alpha value is -1.61. The Balaban J connectivity index is 1.80. The zero-order valence-electron chi connectivity index (χ0n) is 11.3. The SMILES string of the molecule is Cc1cccc(CCNCc2c(C)noc2C)c1. The second-order valence-electron chi connectivity index (χ2n) is 4.72. The summed E-state index contributed by atoms with van der Waals surface area (Å²) >= 11 is 0. The first-order valence-electron chi connectivity index (χ1n) is 6.35. The van der Waals surface area contributed by atoms with Gasteiger partial charge >= 0.3 is 0 Å². The topological polar surface area (TPSA) is 38.1 Å². The van der Waals surface area contributed by atoms with Gasteiger partial charge in [0.25, 0.3) is 0 Å². The van der Waals surface area contributed by atoms with Crippen molar-refractivity contribution < 1.29 is 4.52 Å². The molecule has 0 aliphatic rings. The van der Waals surface area contributed by atoms with Crippen LogP contribution in [0.3, 0.4) is 0 Å². The van der Waals surface area contributed by atoms with Crippen molar-refractivity contribution >= 4 is 0 Å². The normalized spacial score (nSPS) is 10.8. The first kappa shape index (κ1) is 12.8. The number of rotatable bonds is 5. The molecule has 18 heavy (non-hydrogen) atoms. The Morgan fingerprint density at radius 1 is 1.22 bits per heavy atom. The van der Waals surface area contributed by atoms with E-state index >= 15 is 0 Å². The summed E-state index contributed by atoms with van der Waals surface area (Å²) in [5.74, 6) is 0.913. The van der Waals surface area contributed by atoms with Gasteiger partial charge in [0, 0.05) is 12.1 Å². The fourth-order valence-electron chi connectivity index (χ4n) is 2.07. The van der Waals surface area contributed by atoms with Gasteiger partial charge in [0.05, 0.1) is 5.69 Å². The summed E-state index contributed by atoms with van der Waals surface area (Å²) < 4.78 is 5.14. The molecule has 96 valence electrons. The van der Waals surface area contributed by atoms with E-state index in [1.54, 1.807) is 0 Å². The molecular formula is C15H20N2O. The highest BCUT2D eigenvalue weighted by atomic mass is 16.5. The highest BCUT2D eigenvalue weighted by molar-refractivity contribution is 5.23. The van der Waals surface area contributed by atoms with Crippen molar-refractivity contribution in [3.63, 3.8) is 0 Å². The van der Waals surface area contributed by atoms with Crippen LogP contribution in [0.2, 0.25) is 0 Å². The number of nitrogens with one attached hydrogen (secondary N) is 1. The number of hydrogen-bond acceptors (Lipinski definition) is 3. The first-order valence-corrected chi connectivity index (χ1v) is 6.35. The number of nitrogens with zero attached hydrogens (tertiary/aromatic N) is 1. The standard InChI is InChI=1S/C15H20N2O/c1-11-5-4-6-14(9-11)7-8-16-10-15-12(2)17-18-13(15)3/h4-6,9,16H,7-8,10H2,1-3H3. The van der Waals surface area contributed by atoms with Crippen molar-refractivity contribution in [2.24, 2.45) is 0 Å². The molecule has 0 spiro atoms. The fraction of sp³-hybridized carbons (Fsp3) is 0.400. The number of benzene rings is 1. The van der Waals surface area contributed by atoms with Gasteiger partial charge in [0.2, 0.25) is 0 Å². The molecule has 1 aromatic heterocycles. The van der Waals surface area contributed by atoms with Crippen LogP contribution >= 0.6 is 0 Å². The lowest BCUT2D eigenvalue weighted by molar-refractivity contribution is 0.392. The van der Waals surface area contributed by atoms with Crippen LogP contribution in [-0.2, 0) is 13.0 Å². The lowest BCUT2D eigenvalue weighted by Crippen LogP contribution is -2.17. The number of aryl methyl sites for hydroxylation is 3. The van der Waals surface area contributed by atoms with Crippen LogP contribution in [0.1, 0.15) is 28.1 Å². The fourth-order valence-corrected chi connectivity index (χ4v) is 2.07. The monoisotopic (exact) mass is 244 g/mol. The Kier molecular flexibility index (Phi) is 4.15. The Morgan fingerprint density at radius 2 is 2.06 bits per heavy atom. The summed E-state index contributed by atoms with van der Waals surface area (Å²) in [6.45, 7) is 7.85. The zero-order valence-corrected chi connectivity index (χ0v) is 11.3. The molecule has 0 saturated heterocycles.